The molecule has 1 atom stereocenters. The van der Waals surface area contributed by atoms with Crippen molar-refractivity contribution in [1.82, 2.24) is 4.90 Å². The maximum absolute atomic E-state index is 12.2. The predicted octanol–water partition coefficient (Wildman–Crippen LogP) is 4.00. The molecule has 0 bridgehead atoms. The van der Waals surface area contributed by atoms with Crippen molar-refractivity contribution in [3.8, 4) is 0 Å². The van der Waals surface area contributed by atoms with Gasteiger partial charge in [-0.25, -0.2) is 0 Å². The summed E-state index contributed by atoms with van der Waals surface area (Å²) in [5.74, 6) is 1.95. The van der Waals surface area contributed by atoms with Crippen molar-refractivity contribution in [3.63, 3.8) is 0 Å². The van der Waals surface area contributed by atoms with E-state index >= 15 is 0 Å². The zero-order valence-electron chi connectivity index (χ0n) is 13.5. The van der Waals surface area contributed by atoms with Gasteiger partial charge in [0, 0.05) is 13.1 Å². The van der Waals surface area contributed by atoms with E-state index in [2.05, 4.69) is 38.1 Å². The lowest BCUT2D eigenvalue weighted by atomic mass is 10.00. The van der Waals surface area contributed by atoms with Gasteiger partial charge >= 0.3 is 0 Å². The van der Waals surface area contributed by atoms with E-state index in [0.29, 0.717) is 17.2 Å². The summed E-state index contributed by atoms with van der Waals surface area (Å²) in [7, 11) is 1.96. The lowest BCUT2D eigenvalue weighted by molar-refractivity contribution is -0.130. The summed E-state index contributed by atoms with van der Waals surface area (Å²) in [6.45, 7) is 4.47. The van der Waals surface area contributed by atoms with Gasteiger partial charge in [-0.2, -0.15) is 11.8 Å². The van der Waals surface area contributed by atoms with Crippen molar-refractivity contribution in [3.05, 3.63) is 35.9 Å². The molecule has 0 saturated heterocycles. The van der Waals surface area contributed by atoms with Crippen LogP contribution in [0.25, 0.3) is 0 Å². The first-order chi connectivity index (χ1) is 10.0. The van der Waals surface area contributed by atoms with Crippen LogP contribution in [0.15, 0.2) is 30.3 Å². The molecule has 0 spiro atoms. The van der Waals surface area contributed by atoms with Gasteiger partial charge in [-0.1, -0.05) is 37.3 Å². The molecule has 1 amide bonds. The molecule has 0 radical (unpaired) electrons. The van der Waals surface area contributed by atoms with Crippen molar-refractivity contribution in [2.75, 3.05) is 18.6 Å². The van der Waals surface area contributed by atoms with E-state index in [1.807, 2.05) is 18.0 Å². The first kappa shape index (κ1) is 16.4. The lowest BCUT2D eigenvalue weighted by Gasteiger charge is -2.30. The first-order valence-corrected chi connectivity index (χ1v) is 9.06. The number of aryl methyl sites for hydroxylation is 1. The number of amides is 1. The highest BCUT2D eigenvalue weighted by Gasteiger charge is 2.45. The molecule has 0 aliphatic heterocycles. The zero-order valence-corrected chi connectivity index (χ0v) is 14.3. The standard InChI is InChI=1S/C18H27NOS/c1-15(18(2)11-12-18)19(3)17(20)14-21-13-7-10-16-8-5-4-6-9-16/h4-6,8-9,15H,7,10-14H2,1-3H3. The number of rotatable bonds is 8. The van der Waals surface area contributed by atoms with E-state index in [0.717, 1.165) is 18.6 Å². The van der Waals surface area contributed by atoms with Gasteiger partial charge in [0.25, 0.3) is 0 Å². The summed E-state index contributed by atoms with van der Waals surface area (Å²) in [5.41, 5.74) is 1.76. The number of hydrogen-bond donors (Lipinski definition) is 0. The maximum Gasteiger partial charge on any atom is 0.232 e. The molecule has 1 unspecified atom stereocenters. The Labute approximate surface area is 133 Å². The second kappa shape index (κ2) is 7.35. The summed E-state index contributed by atoms with van der Waals surface area (Å²) < 4.78 is 0. The maximum atomic E-state index is 12.2. The fourth-order valence-corrected chi connectivity index (χ4v) is 3.45. The van der Waals surface area contributed by atoms with Crippen molar-refractivity contribution < 1.29 is 4.79 Å². The Balaban J connectivity index is 1.61. The topological polar surface area (TPSA) is 20.3 Å². The Morgan fingerprint density at radius 1 is 1.33 bits per heavy atom. The number of carbonyl (C=O) groups excluding carboxylic acids is 1. The van der Waals surface area contributed by atoms with Crippen LogP contribution in [0.1, 0.15) is 38.7 Å². The Morgan fingerprint density at radius 2 is 2.00 bits per heavy atom. The van der Waals surface area contributed by atoms with Crippen molar-refractivity contribution in [2.45, 2.75) is 45.6 Å². The molecule has 0 heterocycles. The first-order valence-electron chi connectivity index (χ1n) is 7.90. The van der Waals surface area contributed by atoms with E-state index in [9.17, 15) is 4.79 Å². The summed E-state index contributed by atoms with van der Waals surface area (Å²) in [6.07, 6.45) is 4.76. The molecule has 0 N–H and O–H groups in total. The summed E-state index contributed by atoms with van der Waals surface area (Å²) in [6, 6.07) is 10.9. The van der Waals surface area contributed by atoms with E-state index < -0.39 is 0 Å². The van der Waals surface area contributed by atoms with Crippen LogP contribution in [0.3, 0.4) is 0 Å². The molecular formula is C18H27NOS. The van der Waals surface area contributed by atoms with Crippen LogP contribution in [0.4, 0.5) is 0 Å². The molecule has 1 saturated carbocycles. The van der Waals surface area contributed by atoms with Crippen molar-refractivity contribution >= 4 is 17.7 Å². The van der Waals surface area contributed by atoms with Crippen LogP contribution in [-0.2, 0) is 11.2 Å². The second-order valence-electron chi connectivity index (χ2n) is 6.48. The number of benzene rings is 1. The number of nitrogens with zero attached hydrogens (tertiary/aromatic N) is 1. The molecule has 1 aromatic carbocycles. The highest BCUT2D eigenvalue weighted by atomic mass is 32.2. The molecule has 2 rings (SSSR count). The van der Waals surface area contributed by atoms with Crippen LogP contribution in [0.5, 0.6) is 0 Å². The smallest absolute Gasteiger partial charge is 0.232 e. The monoisotopic (exact) mass is 305 g/mol. The van der Waals surface area contributed by atoms with Gasteiger partial charge in [-0.3, -0.25) is 4.79 Å². The van der Waals surface area contributed by atoms with Gasteiger partial charge in [-0.05, 0) is 49.3 Å². The Hall–Kier alpha value is -0.960. The van der Waals surface area contributed by atoms with Crippen LogP contribution in [0.2, 0.25) is 0 Å². The highest BCUT2D eigenvalue weighted by Crippen LogP contribution is 2.49. The number of carbonyl (C=O) groups is 1. The minimum atomic E-state index is 0.278. The van der Waals surface area contributed by atoms with Crippen molar-refractivity contribution in [1.29, 1.82) is 0 Å². The van der Waals surface area contributed by atoms with E-state index in [-0.39, 0.29) is 5.91 Å². The zero-order chi connectivity index (χ0) is 15.3. The second-order valence-corrected chi connectivity index (χ2v) is 7.58. The summed E-state index contributed by atoms with van der Waals surface area (Å²) in [4.78, 5) is 14.2. The molecular weight excluding hydrogens is 278 g/mol. The van der Waals surface area contributed by atoms with Gasteiger partial charge in [0.2, 0.25) is 5.91 Å². The molecule has 2 nitrogen and oxygen atoms in total. The lowest BCUT2D eigenvalue weighted by Crippen LogP contribution is -2.41. The SMILES string of the molecule is CC(N(C)C(=O)CSCCCc1ccccc1)C1(C)CC1. The molecule has 21 heavy (non-hydrogen) atoms. The molecule has 1 aliphatic rings. The number of hydrogen-bond acceptors (Lipinski definition) is 2. The fraction of sp³-hybridized carbons (Fsp3) is 0.611. The van der Waals surface area contributed by atoms with Gasteiger partial charge in [0.15, 0.2) is 0 Å². The van der Waals surface area contributed by atoms with Crippen molar-refractivity contribution in [2.24, 2.45) is 5.41 Å². The molecule has 1 aliphatic carbocycles. The summed E-state index contributed by atoms with van der Waals surface area (Å²) >= 11 is 1.77. The molecule has 1 fully saturated rings. The van der Waals surface area contributed by atoms with Gasteiger partial charge in [-0.15, -0.1) is 0 Å². The van der Waals surface area contributed by atoms with Crippen LogP contribution in [0, 0.1) is 5.41 Å². The van der Waals surface area contributed by atoms with E-state index in [1.165, 1.54) is 18.4 Å². The van der Waals surface area contributed by atoms with Gasteiger partial charge in [0.05, 0.1) is 5.75 Å². The molecule has 116 valence electrons. The Bertz CT molecular complexity index is 456. The third kappa shape index (κ3) is 4.77. The highest BCUT2D eigenvalue weighted by molar-refractivity contribution is 7.99. The predicted molar refractivity (Wildman–Crippen MR) is 91.7 cm³/mol. The molecule has 1 aromatic rings. The fourth-order valence-electron chi connectivity index (χ4n) is 2.58. The molecule has 3 heteroatoms. The van der Waals surface area contributed by atoms with Crippen LogP contribution < -0.4 is 0 Å². The normalized spacial score (nSPS) is 17.3. The van der Waals surface area contributed by atoms with E-state index in [1.54, 1.807) is 11.8 Å². The average molecular weight is 305 g/mol. The van der Waals surface area contributed by atoms with Crippen LogP contribution >= 0.6 is 11.8 Å². The largest absolute Gasteiger partial charge is 0.342 e. The van der Waals surface area contributed by atoms with E-state index in [4.69, 9.17) is 0 Å². The summed E-state index contributed by atoms with van der Waals surface area (Å²) in [5, 5.41) is 0. The minimum Gasteiger partial charge on any atom is -0.342 e. The van der Waals surface area contributed by atoms with Crippen LogP contribution in [-0.4, -0.2) is 35.4 Å². The van der Waals surface area contributed by atoms with Gasteiger partial charge < -0.3 is 4.90 Å². The average Bonchev–Trinajstić information content (AvgIpc) is 3.25. The molecule has 0 aromatic heterocycles. The number of thioether (sulfide) groups is 1. The third-order valence-corrected chi connectivity index (χ3v) is 5.87. The Kier molecular flexibility index (Phi) is 5.74. The van der Waals surface area contributed by atoms with Gasteiger partial charge in [0.1, 0.15) is 0 Å². The third-order valence-electron chi connectivity index (χ3n) is 4.84. The quantitative estimate of drug-likeness (QED) is 0.677. The minimum absolute atomic E-state index is 0.278. The Morgan fingerprint density at radius 3 is 2.62 bits per heavy atom.